The molecule has 0 unspecified atom stereocenters. The number of aryl methyl sites for hydroxylation is 1. The van der Waals surface area contributed by atoms with Crippen LogP contribution in [0.3, 0.4) is 0 Å². The number of carbonyl (C=O) groups is 1. The Labute approximate surface area is 137 Å². The van der Waals surface area contributed by atoms with E-state index in [1.165, 1.54) is 11.1 Å². The van der Waals surface area contributed by atoms with Crippen molar-refractivity contribution in [1.29, 1.82) is 0 Å². The first-order valence-corrected chi connectivity index (χ1v) is 8.56. The van der Waals surface area contributed by atoms with Gasteiger partial charge in [-0.2, -0.15) is 0 Å². The summed E-state index contributed by atoms with van der Waals surface area (Å²) in [5, 5.41) is 3.05. The van der Waals surface area contributed by atoms with Crippen LogP contribution in [0, 0.1) is 6.92 Å². The van der Waals surface area contributed by atoms with Crippen molar-refractivity contribution in [2.24, 2.45) is 0 Å². The van der Waals surface area contributed by atoms with Gasteiger partial charge in [0.05, 0.1) is 11.3 Å². The summed E-state index contributed by atoms with van der Waals surface area (Å²) in [6.07, 6.45) is 0.886. The highest BCUT2D eigenvalue weighted by atomic mass is 32.2. The van der Waals surface area contributed by atoms with Gasteiger partial charge in [-0.3, -0.25) is 4.79 Å². The van der Waals surface area contributed by atoms with Crippen LogP contribution in [0.1, 0.15) is 37.4 Å². The first-order valence-electron chi connectivity index (χ1n) is 7.68. The Morgan fingerprint density at radius 1 is 1.09 bits per heavy atom. The lowest BCUT2D eigenvalue weighted by atomic mass is 10.0. The fourth-order valence-corrected chi connectivity index (χ4v) is 3.16. The molecule has 0 aliphatic heterocycles. The third-order valence-corrected chi connectivity index (χ3v) is 4.74. The van der Waals surface area contributed by atoms with Gasteiger partial charge in [-0.1, -0.05) is 55.0 Å². The van der Waals surface area contributed by atoms with Gasteiger partial charge in [0.15, 0.2) is 0 Å². The maximum Gasteiger partial charge on any atom is 0.233 e. The smallest absolute Gasteiger partial charge is 0.233 e. The molecule has 3 heteroatoms. The molecular formula is C19H23NOS. The van der Waals surface area contributed by atoms with E-state index >= 15 is 0 Å². The van der Waals surface area contributed by atoms with Gasteiger partial charge in [0.1, 0.15) is 0 Å². The molecule has 1 amide bonds. The minimum atomic E-state index is -0.109. The molecular weight excluding hydrogens is 290 g/mol. The van der Waals surface area contributed by atoms with Gasteiger partial charge < -0.3 is 5.32 Å². The second kappa shape index (κ2) is 8.04. The number of hydrogen-bond donors (Lipinski definition) is 1. The molecule has 0 heterocycles. The van der Waals surface area contributed by atoms with Crippen LogP contribution in [-0.4, -0.2) is 11.2 Å². The van der Waals surface area contributed by atoms with Crippen LogP contribution in [0.4, 0.5) is 0 Å². The fraction of sp³-hybridized carbons (Fsp3) is 0.316. The Bertz CT molecular complexity index is 595. The molecule has 0 saturated heterocycles. The summed E-state index contributed by atoms with van der Waals surface area (Å²) < 4.78 is 0. The number of nitrogens with one attached hydrogen (secondary N) is 1. The van der Waals surface area contributed by atoms with Gasteiger partial charge in [-0.25, -0.2) is 0 Å². The number of thioether (sulfide) groups is 1. The molecule has 116 valence electrons. The van der Waals surface area contributed by atoms with Crippen LogP contribution in [0.2, 0.25) is 0 Å². The Morgan fingerprint density at radius 3 is 2.32 bits per heavy atom. The predicted molar refractivity (Wildman–Crippen MR) is 94.1 cm³/mol. The molecule has 2 aromatic carbocycles. The van der Waals surface area contributed by atoms with E-state index in [4.69, 9.17) is 0 Å². The highest BCUT2D eigenvalue weighted by molar-refractivity contribution is 8.00. The molecule has 2 aromatic rings. The molecule has 22 heavy (non-hydrogen) atoms. The summed E-state index contributed by atoms with van der Waals surface area (Å²) in [5.41, 5.74) is 2.40. The summed E-state index contributed by atoms with van der Waals surface area (Å²) in [7, 11) is 0. The zero-order valence-corrected chi connectivity index (χ0v) is 14.2. The Kier molecular flexibility index (Phi) is 6.08. The highest BCUT2D eigenvalue weighted by Gasteiger charge is 2.18. The minimum absolute atomic E-state index is 0.0759. The third kappa shape index (κ3) is 4.63. The van der Waals surface area contributed by atoms with Gasteiger partial charge in [0.2, 0.25) is 5.91 Å². The van der Waals surface area contributed by atoms with E-state index in [2.05, 4.69) is 43.4 Å². The van der Waals surface area contributed by atoms with Crippen LogP contribution in [0.5, 0.6) is 0 Å². The van der Waals surface area contributed by atoms with E-state index in [1.54, 1.807) is 11.8 Å². The first-order chi connectivity index (χ1) is 10.6. The number of amides is 1. The van der Waals surface area contributed by atoms with Crippen molar-refractivity contribution in [1.82, 2.24) is 5.32 Å². The molecule has 0 aliphatic carbocycles. The summed E-state index contributed by atoms with van der Waals surface area (Å²) in [4.78, 5) is 13.5. The lowest BCUT2D eigenvalue weighted by Gasteiger charge is -2.20. The normalized spacial score (nSPS) is 13.4. The second-order valence-corrected chi connectivity index (χ2v) is 6.87. The van der Waals surface area contributed by atoms with Gasteiger partial charge in [0, 0.05) is 4.90 Å². The van der Waals surface area contributed by atoms with E-state index in [0.717, 1.165) is 11.3 Å². The van der Waals surface area contributed by atoms with Gasteiger partial charge in [-0.05, 0) is 38.0 Å². The maximum atomic E-state index is 12.4. The van der Waals surface area contributed by atoms with Crippen molar-refractivity contribution in [2.75, 3.05) is 0 Å². The SMILES string of the molecule is CC[C@H](NC(=O)[C@H](C)Sc1ccccc1)c1ccc(C)cc1. The van der Waals surface area contributed by atoms with Crippen LogP contribution in [-0.2, 0) is 4.79 Å². The summed E-state index contributed by atoms with van der Waals surface area (Å²) >= 11 is 1.59. The van der Waals surface area contributed by atoms with Crippen LogP contribution in [0.15, 0.2) is 59.5 Å². The maximum absolute atomic E-state index is 12.4. The number of benzene rings is 2. The largest absolute Gasteiger partial charge is 0.348 e. The van der Waals surface area contributed by atoms with Crippen molar-refractivity contribution >= 4 is 17.7 Å². The van der Waals surface area contributed by atoms with E-state index in [-0.39, 0.29) is 17.2 Å². The predicted octanol–water partition coefficient (Wildman–Crippen LogP) is 4.74. The zero-order chi connectivity index (χ0) is 15.9. The van der Waals surface area contributed by atoms with Crippen molar-refractivity contribution < 1.29 is 4.79 Å². The number of carbonyl (C=O) groups excluding carboxylic acids is 1. The standard InChI is InChI=1S/C19H23NOS/c1-4-18(16-12-10-14(2)11-13-16)20-19(21)15(3)22-17-8-6-5-7-9-17/h5-13,15,18H,4H2,1-3H3,(H,20,21)/t15-,18-/m0/s1. The van der Waals surface area contributed by atoms with E-state index < -0.39 is 0 Å². The van der Waals surface area contributed by atoms with Crippen molar-refractivity contribution in [3.63, 3.8) is 0 Å². The lowest BCUT2D eigenvalue weighted by Crippen LogP contribution is -2.34. The second-order valence-electron chi connectivity index (χ2n) is 5.45. The average molecular weight is 313 g/mol. The van der Waals surface area contributed by atoms with Crippen molar-refractivity contribution in [3.8, 4) is 0 Å². The quantitative estimate of drug-likeness (QED) is 0.780. The average Bonchev–Trinajstić information content (AvgIpc) is 2.54. The number of hydrogen-bond acceptors (Lipinski definition) is 2. The third-order valence-electron chi connectivity index (χ3n) is 3.63. The molecule has 0 bridgehead atoms. The Hall–Kier alpha value is -1.74. The molecule has 0 spiro atoms. The molecule has 0 radical (unpaired) electrons. The monoisotopic (exact) mass is 313 g/mol. The molecule has 0 aromatic heterocycles. The van der Waals surface area contributed by atoms with Gasteiger partial charge in [0.25, 0.3) is 0 Å². The summed E-state index contributed by atoms with van der Waals surface area (Å²) in [5.74, 6) is 0.0845. The molecule has 2 nitrogen and oxygen atoms in total. The van der Waals surface area contributed by atoms with Gasteiger partial charge >= 0.3 is 0 Å². The summed E-state index contributed by atoms with van der Waals surface area (Å²) in [6, 6.07) is 18.5. The van der Waals surface area contributed by atoms with E-state index in [1.807, 2.05) is 37.3 Å². The zero-order valence-electron chi connectivity index (χ0n) is 13.4. The Morgan fingerprint density at radius 2 is 1.73 bits per heavy atom. The number of rotatable bonds is 6. The van der Waals surface area contributed by atoms with E-state index in [9.17, 15) is 4.79 Å². The van der Waals surface area contributed by atoms with Crippen LogP contribution in [0.25, 0.3) is 0 Å². The van der Waals surface area contributed by atoms with Gasteiger partial charge in [-0.15, -0.1) is 11.8 Å². The topological polar surface area (TPSA) is 29.1 Å². The van der Waals surface area contributed by atoms with Crippen LogP contribution < -0.4 is 5.32 Å². The summed E-state index contributed by atoms with van der Waals surface area (Å²) in [6.45, 7) is 6.12. The molecule has 2 atom stereocenters. The molecule has 0 saturated carbocycles. The fourth-order valence-electron chi connectivity index (χ4n) is 2.27. The van der Waals surface area contributed by atoms with Crippen molar-refractivity contribution in [2.45, 2.75) is 43.4 Å². The van der Waals surface area contributed by atoms with Crippen molar-refractivity contribution in [3.05, 3.63) is 65.7 Å². The molecule has 0 fully saturated rings. The highest BCUT2D eigenvalue weighted by Crippen LogP contribution is 2.24. The molecule has 2 rings (SSSR count). The Balaban J connectivity index is 1.98. The first kappa shape index (κ1) is 16.6. The molecule has 1 N–H and O–H groups in total. The van der Waals surface area contributed by atoms with Crippen LogP contribution >= 0.6 is 11.8 Å². The van der Waals surface area contributed by atoms with E-state index in [0.29, 0.717) is 0 Å². The minimum Gasteiger partial charge on any atom is -0.348 e. The lowest BCUT2D eigenvalue weighted by molar-refractivity contribution is -0.121. The molecule has 0 aliphatic rings.